The standard InChI is InChI=1S/C18H19N3O4S/c1-10-8-19-17(20-9-10)12(3)25-14-7-15-13(6-11(14)2)21(18(24)26-15)5-4-16(22)23/h6-9,12H,4-5H2,1-3H3,(H,22,23). The second-order valence-corrected chi connectivity index (χ2v) is 7.12. The monoisotopic (exact) mass is 373 g/mol. The van der Waals surface area contributed by atoms with E-state index < -0.39 is 5.97 Å². The van der Waals surface area contributed by atoms with Crippen LogP contribution in [0.4, 0.5) is 0 Å². The number of thiazole rings is 1. The van der Waals surface area contributed by atoms with E-state index in [4.69, 9.17) is 9.84 Å². The Hall–Kier alpha value is -2.74. The minimum Gasteiger partial charge on any atom is -0.482 e. The molecule has 0 bridgehead atoms. The lowest BCUT2D eigenvalue weighted by atomic mass is 10.2. The normalized spacial score (nSPS) is 12.3. The van der Waals surface area contributed by atoms with Gasteiger partial charge in [0.2, 0.25) is 0 Å². The van der Waals surface area contributed by atoms with E-state index in [2.05, 4.69) is 9.97 Å². The maximum Gasteiger partial charge on any atom is 0.308 e. The summed E-state index contributed by atoms with van der Waals surface area (Å²) >= 11 is 1.08. The highest BCUT2D eigenvalue weighted by atomic mass is 32.1. The Morgan fingerprint density at radius 1 is 1.31 bits per heavy atom. The lowest BCUT2D eigenvalue weighted by Crippen LogP contribution is -2.15. The third-order valence-corrected chi connectivity index (χ3v) is 4.92. The summed E-state index contributed by atoms with van der Waals surface area (Å²) in [7, 11) is 0. The number of ether oxygens (including phenoxy) is 1. The van der Waals surface area contributed by atoms with Gasteiger partial charge in [-0.05, 0) is 44.0 Å². The summed E-state index contributed by atoms with van der Waals surface area (Å²) < 4.78 is 8.26. The van der Waals surface area contributed by atoms with E-state index >= 15 is 0 Å². The van der Waals surface area contributed by atoms with Gasteiger partial charge in [0.05, 0.1) is 16.6 Å². The Bertz CT molecular complexity index is 1010. The summed E-state index contributed by atoms with van der Waals surface area (Å²) in [5, 5.41) is 8.85. The van der Waals surface area contributed by atoms with Gasteiger partial charge in [-0.15, -0.1) is 0 Å². The number of aryl methyl sites for hydroxylation is 3. The van der Waals surface area contributed by atoms with Gasteiger partial charge in [-0.3, -0.25) is 14.2 Å². The first-order chi connectivity index (χ1) is 12.3. The molecule has 7 nitrogen and oxygen atoms in total. The molecule has 2 aromatic heterocycles. The van der Waals surface area contributed by atoms with Crippen molar-refractivity contribution in [1.29, 1.82) is 0 Å². The second-order valence-electron chi connectivity index (χ2n) is 6.13. The summed E-state index contributed by atoms with van der Waals surface area (Å²) in [5.74, 6) is 0.308. The first-order valence-electron chi connectivity index (χ1n) is 8.16. The Labute approximate surface area is 153 Å². The van der Waals surface area contributed by atoms with Crippen molar-refractivity contribution in [2.75, 3.05) is 0 Å². The lowest BCUT2D eigenvalue weighted by molar-refractivity contribution is -0.137. The third kappa shape index (κ3) is 3.75. The molecule has 0 aliphatic carbocycles. The first-order valence-corrected chi connectivity index (χ1v) is 8.98. The molecule has 0 amide bonds. The number of carboxylic acids is 1. The number of carbonyl (C=O) groups is 1. The Morgan fingerprint density at radius 3 is 2.65 bits per heavy atom. The zero-order chi connectivity index (χ0) is 18.8. The van der Waals surface area contributed by atoms with Gasteiger partial charge in [0.1, 0.15) is 5.75 Å². The first kappa shape index (κ1) is 18.1. The topological polar surface area (TPSA) is 94.3 Å². The number of hydrogen-bond acceptors (Lipinski definition) is 6. The second kappa shape index (κ2) is 7.25. The molecule has 0 aliphatic rings. The predicted octanol–water partition coefficient (Wildman–Crippen LogP) is 3.08. The van der Waals surface area contributed by atoms with Gasteiger partial charge < -0.3 is 9.84 Å². The molecule has 2 heterocycles. The molecule has 0 saturated carbocycles. The smallest absolute Gasteiger partial charge is 0.308 e. The molecule has 0 saturated heterocycles. The van der Waals surface area contributed by atoms with Crippen molar-refractivity contribution in [3.63, 3.8) is 0 Å². The van der Waals surface area contributed by atoms with Crippen LogP contribution in [0.5, 0.6) is 5.75 Å². The highest BCUT2D eigenvalue weighted by Gasteiger charge is 2.15. The quantitative estimate of drug-likeness (QED) is 0.713. The molecule has 136 valence electrons. The van der Waals surface area contributed by atoms with E-state index in [0.29, 0.717) is 11.6 Å². The number of aliphatic carboxylic acids is 1. The molecule has 0 radical (unpaired) electrons. The summed E-state index contributed by atoms with van der Waals surface area (Å²) in [5.41, 5.74) is 2.56. The fourth-order valence-electron chi connectivity index (χ4n) is 2.60. The van der Waals surface area contributed by atoms with Gasteiger partial charge in [-0.1, -0.05) is 11.3 Å². The number of carboxylic acid groups (broad SMARTS) is 1. The van der Waals surface area contributed by atoms with Crippen LogP contribution in [0.15, 0.2) is 29.3 Å². The molecule has 3 rings (SSSR count). The average Bonchev–Trinajstić information content (AvgIpc) is 2.88. The Morgan fingerprint density at radius 2 is 2.00 bits per heavy atom. The maximum absolute atomic E-state index is 12.2. The summed E-state index contributed by atoms with van der Waals surface area (Å²) in [6.07, 6.45) is 3.06. The van der Waals surface area contributed by atoms with Crippen LogP contribution in [0.2, 0.25) is 0 Å². The van der Waals surface area contributed by atoms with Gasteiger partial charge in [-0.2, -0.15) is 0 Å². The van der Waals surface area contributed by atoms with E-state index in [9.17, 15) is 9.59 Å². The molecule has 0 spiro atoms. The Kier molecular flexibility index (Phi) is 5.03. The van der Waals surface area contributed by atoms with Crippen LogP contribution < -0.4 is 9.61 Å². The molecule has 0 fully saturated rings. The van der Waals surface area contributed by atoms with E-state index in [1.807, 2.05) is 32.9 Å². The third-order valence-electron chi connectivity index (χ3n) is 3.98. The van der Waals surface area contributed by atoms with Gasteiger partial charge in [0.25, 0.3) is 0 Å². The number of benzene rings is 1. The number of rotatable bonds is 6. The van der Waals surface area contributed by atoms with Crippen LogP contribution in [0.1, 0.15) is 36.4 Å². The van der Waals surface area contributed by atoms with Crippen LogP contribution in [0.3, 0.4) is 0 Å². The highest BCUT2D eigenvalue weighted by molar-refractivity contribution is 7.16. The summed E-state index contributed by atoms with van der Waals surface area (Å²) in [4.78, 5) is 31.4. The predicted molar refractivity (Wildman–Crippen MR) is 98.9 cm³/mol. The van der Waals surface area contributed by atoms with Crippen LogP contribution in [-0.4, -0.2) is 25.6 Å². The molecule has 26 heavy (non-hydrogen) atoms. The molecule has 1 N–H and O–H groups in total. The molecule has 8 heteroatoms. The molecule has 0 aliphatic heterocycles. The fraction of sp³-hybridized carbons (Fsp3) is 0.333. The Balaban J connectivity index is 1.90. The minimum absolute atomic E-state index is 0.0924. The van der Waals surface area contributed by atoms with E-state index in [1.54, 1.807) is 12.4 Å². The van der Waals surface area contributed by atoms with Gasteiger partial charge >= 0.3 is 10.8 Å². The van der Waals surface area contributed by atoms with Crippen LogP contribution >= 0.6 is 11.3 Å². The molecule has 1 unspecified atom stereocenters. The molecular formula is C18H19N3O4S. The maximum atomic E-state index is 12.2. The SMILES string of the molecule is Cc1cnc(C(C)Oc2cc3sc(=O)n(CCC(=O)O)c3cc2C)nc1. The molecule has 3 aromatic rings. The number of aromatic nitrogens is 3. The highest BCUT2D eigenvalue weighted by Crippen LogP contribution is 2.30. The minimum atomic E-state index is -0.931. The lowest BCUT2D eigenvalue weighted by Gasteiger charge is -2.15. The van der Waals surface area contributed by atoms with Gasteiger partial charge in [-0.25, -0.2) is 9.97 Å². The zero-order valence-corrected chi connectivity index (χ0v) is 15.5. The largest absolute Gasteiger partial charge is 0.482 e. The van der Waals surface area contributed by atoms with Crippen molar-refractivity contribution < 1.29 is 14.6 Å². The number of hydrogen-bond donors (Lipinski definition) is 1. The molecule has 1 atom stereocenters. The van der Waals surface area contributed by atoms with Crippen molar-refractivity contribution in [2.24, 2.45) is 0 Å². The van der Waals surface area contributed by atoms with Crippen LogP contribution in [0.25, 0.3) is 10.2 Å². The van der Waals surface area contributed by atoms with E-state index in [1.165, 1.54) is 4.57 Å². The summed E-state index contributed by atoms with van der Waals surface area (Å²) in [6, 6.07) is 3.67. The zero-order valence-electron chi connectivity index (χ0n) is 14.7. The van der Waals surface area contributed by atoms with Crippen LogP contribution in [0, 0.1) is 13.8 Å². The van der Waals surface area contributed by atoms with Gasteiger partial charge in [0, 0.05) is 18.9 Å². The van der Waals surface area contributed by atoms with Crippen molar-refractivity contribution in [3.05, 3.63) is 51.1 Å². The van der Waals surface area contributed by atoms with E-state index in [-0.39, 0.29) is 23.9 Å². The van der Waals surface area contributed by atoms with Gasteiger partial charge in [0.15, 0.2) is 11.9 Å². The average molecular weight is 373 g/mol. The molecular weight excluding hydrogens is 354 g/mol. The van der Waals surface area contributed by atoms with E-state index in [0.717, 1.165) is 32.7 Å². The number of fused-ring (bicyclic) bond motifs is 1. The van der Waals surface area contributed by atoms with Crippen molar-refractivity contribution in [1.82, 2.24) is 14.5 Å². The van der Waals surface area contributed by atoms with Crippen molar-refractivity contribution >= 4 is 27.5 Å². The van der Waals surface area contributed by atoms with Crippen molar-refractivity contribution in [3.8, 4) is 5.75 Å². The van der Waals surface area contributed by atoms with Crippen molar-refractivity contribution in [2.45, 2.75) is 39.8 Å². The fourth-order valence-corrected chi connectivity index (χ4v) is 3.52. The summed E-state index contributed by atoms with van der Waals surface area (Å²) in [6.45, 7) is 5.83. The van der Waals surface area contributed by atoms with Crippen LogP contribution in [-0.2, 0) is 11.3 Å². The molecule has 1 aromatic carbocycles. The number of nitrogens with zero attached hydrogens (tertiary/aromatic N) is 3.